The third-order valence-corrected chi connectivity index (χ3v) is 3.34. The second kappa shape index (κ2) is 6.25. The maximum absolute atomic E-state index is 12.5. The van der Waals surface area contributed by atoms with E-state index in [1.54, 1.807) is 55.5 Å². The monoisotopic (exact) mass is 294 g/mol. The predicted molar refractivity (Wildman–Crippen MR) is 78.1 cm³/mol. The Morgan fingerprint density at radius 3 is 2.50 bits per heavy atom. The summed E-state index contributed by atoms with van der Waals surface area (Å²) in [6, 6.07) is 14.0. The summed E-state index contributed by atoms with van der Waals surface area (Å²) < 4.78 is 18.1. The van der Waals surface area contributed by atoms with Gasteiger partial charge in [0.15, 0.2) is 0 Å². The number of hydrogen-bond acceptors (Lipinski definition) is 2. The quantitative estimate of drug-likeness (QED) is 0.866. The number of halogens is 2. The first-order chi connectivity index (χ1) is 9.51. The highest BCUT2D eigenvalue weighted by molar-refractivity contribution is 6.30. The van der Waals surface area contributed by atoms with Gasteiger partial charge >= 0.3 is 0 Å². The van der Waals surface area contributed by atoms with Crippen LogP contribution in [-0.2, 0) is 5.60 Å². The Bertz CT molecular complexity index is 567. The minimum absolute atomic E-state index is 0.0530. The predicted octanol–water partition coefficient (Wildman–Crippen LogP) is 4.70. The molecule has 2 rings (SSSR count). The van der Waals surface area contributed by atoms with E-state index < -0.39 is 12.3 Å². The number of rotatable bonds is 5. The van der Waals surface area contributed by atoms with E-state index in [4.69, 9.17) is 16.3 Å². The van der Waals surface area contributed by atoms with E-state index in [0.717, 1.165) is 0 Å². The van der Waals surface area contributed by atoms with Gasteiger partial charge in [-0.25, -0.2) is 0 Å². The molecule has 0 aliphatic heterocycles. The molecule has 0 heterocycles. The van der Waals surface area contributed by atoms with Crippen molar-refractivity contribution < 1.29 is 14.2 Å². The molecule has 2 aromatic carbocycles. The van der Waals surface area contributed by atoms with E-state index in [0.29, 0.717) is 22.1 Å². The van der Waals surface area contributed by atoms with Crippen LogP contribution in [0, 0.1) is 0 Å². The van der Waals surface area contributed by atoms with Crippen molar-refractivity contribution in [3.05, 3.63) is 59.1 Å². The zero-order chi connectivity index (χ0) is 14.6. The minimum Gasteiger partial charge on any atom is -0.457 e. The number of aliphatic hydroxyl groups is 1. The standard InChI is InChI=1S/C16H16ClFO2/c1-16(19,9-10-18)12-3-2-4-15(11-12)20-14-7-5-13(17)6-8-14/h2-8,11,19H,9-10H2,1H3. The lowest BCUT2D eigenvalue weighted by atomic mass is 9.93. The van der Waals surface area contributed by atoms with Crippen LogP contribution in [0.3, 0.4) is 0 Å². The van der Waals surface area contributed by atoms with Crippen molar-refractivity contribution in [1.82, 2.24) is 0 Å². The molecule has 4 heteroatoms. The normalized spacial score (nSPS) is 13.8. The average molecular weight is 295 g/mol. The highest BCUT2D eigenvalue weighted by Crippen LogP contribution is 2.30. The van der Waals surface area contributed by atoms with Gasteiger partial charge in [-0.15, -0.1) is 0 Å². The molecule has 1 atom stereocenters. The maximum atomic E-state index is 12.5. The lowest BCUT2D eigenvalue weighted by Crippen LogP contribution is -2.21. The third-order valence-electron chi connectivity index (χ3n) is 3.09. The molecule has 0 spiro atoms. The van der Waals surface area contributed by atoms with Crippen molar-refractivity contribution in [2.24, 2.45) is 0 Å². The first-order valence-electron chi connectivity index (χ1n) is 6.33. The summed E-state index contributed by atoms with van der Waals surface area (Å²) in [5.74, 6) is 1.24. The van der Waals surface area contributed by atoms with Gasteiger partial charge in [-0.1, -0.05) is 23.7 Å². The Morgan fingerprint density at radius 1 is 1.15 bits per heavy atom. The molecule has 0 bridgehead atoms. The van der Waals surface area contributed by atoms with E-state index in [1.807, 2.05) is 0 Å². The third kappa shape index (κ3) is 3.71. The van der Waals surface area contributed by atoms with Gasteiger partial charge in [0.2, 0.25) is 0 Å². The number of alkyl halides is 1. The van der Waals surface area contributed by atoms with Gasteiger partial charge in [0.1, 0.15) is 11.5 Å². The second-order valence-electron chi connectivity index (χ2n) is 4.80. The molecule has 106 valence electrons. The van der Waals surface area contributed by atoms with E-state index in [2.05, 4.69) is 0 Å². The van der Waals surface area contributed by atoms with Crippen LogP contribution in [0.25, 0.3) is 0 Å². The summed E-state index contributed by atoms with van der Waals surface area (Å²) in [5, 5.41) is 10.8. The molecule has 1 unspecified atom stereocenters. The van der Waals surface area contributed by atoms with Gasteiger partial charge in [0, 0.05) is 11.4 Å². The fraction of sp³-hybridized carbons (Fsp3) is 0.250. The van der Waals surface area contributed by atoms with Crippen molar-refractivity contribution >= 4 is 11.6 Å². The van der Waals surface area contributed by atoms with Gasteiger partial charge in [0.05, 0.1) is 12.3 Å². The fourth-order valence-corrected chi connectivity index (χ4v) is 1.99. The molecule has 0 aromatic heterocycles. The molecule has 0 amide bonds. The Balaban J connectivity index is 2.19. The first kappa shape index (κ1) is 14.8. The molecular formula is C16H16ClFO2. The second-order valence-corrected chi connectivity index (χ2v) is 5.23. The van der Waals surface area contributed by atoms with Crippen LogP contribution in [0.5, 0.6) is 11.5 Å². The van der Waals surface area contributed by atoms with Crippen LogP contribution in [0.2, 0.25) is 5.02 Å². The summed E-state index contributed by atoms with van der Waals surface area (Å²) in [4.78, 5) is 0. The van der Waals surface area contributed by atoms with Crippen molar-refractivity contribution in [2.45, 2.75) is 18.9 Å². The largest absolute Gasteiger partial charge is 0.457 e. The zero-order valence-corrected chi connectivity index (χ0v) is 11.9. The fourth-order valence-electron chi connectivity index (χ4n) is 1.86. The molecule has 0 saturated heterocycles. The summed E-state index contributed by atoms with van der Waals surface area (Å²) >= 11 is 5.81. The molecule has 0 saturated carbocycles. The molecule has 0 aliphatic carbocycles. The lowest BCUT2D eigenvalue weighted by molar-refractivity contribution is 0.0406. The highest BCUT2D eigenvalue weighted by atomic mass is 35.5. The Hall–Kier alpha value is -1.58. The summed E-state index contributed by atoms with van der Waals surface area (Å²) in [5.41, 5.74) is -0.574. The van der Waals surface area contributed by atoms with Crippen molar-refractivity contribution in [2.75, 3.05) is 6.67 Å². The van der Waals surface area contributed by atoms with E-state index in [1.165, 1.54) is 0 Å². The zero-order valence-electron chi connectivity index (χ0n) is 11.1. The lowest BCUT2D eigenvalue weighted by Gasteiger charge is -2.22. The van der Waals surface area contributed by atoms with Crippen LogP contribution in [0.1, 0.15) is 18.9 Å². The van der Waals surface area contributed by atoms with Crippen LogP contribution >= 0.6 is 11.6 Å². The highest BCUT2D eigenvalue weighted by Gasteiger charge is 2.23. The molecule has 2 aromatic rings. The Morgan fingerprint density at radius 2 is 1.85 bits per heavy atom. The summed E-state index contributed by atoms with van der Waals surface area (Å²) in [7, 11) is 0. The van der Waals surface area contributed by atoms with Crippen LogP contribution in [0.15, 0.2) is 48.5 Å². The molecule has 0 radical (unpaired) electrons. The van der Waals surface area contributed by atoms with Gasteiger partial charge in [-0.3, -0.25) is 4.39 Å². The molecule has 0 aliphatic rings. The Labute approximate surface area is 122 Å². The van der Waals surface area contributed by atoms with Gasteiger partial charge in [-0.05, 0) is 48.9 Å². The van der Waals surface area contributed by atoms with Gasteiger partial charge < -0.3 is 9.84 Å². The maximum Gasteiger partial charge on any atom is 0.127 e. The van der Waals surface area contributed by atoms with Gasteiger partial charge in [0.25, 0.3) is 0 Å². The molecular weight excluding hydrogens is 279 g/mol. The smallest absolute Gasteiger partial charge is 0.127 e. The van der Waals surface area contributed by atoms with Crippen LogP contribution in [-0.4, -0.2) is 11.8 Å². The molecule has 20 heavy (non-hydrogen) atoms. The van der Waals surface area contributed by atoms with Crippen molar-refractivity contribution in [1.29, 1.82) is 0 Å². The molecule has 2 nitrogen and oxygen atoms in total. The minimum atomic E-state index is -1.20. The number of hydrogen-bond donors (Lipinski definition) is 1. The number of ether oxygens (including phenoxy) is 1. The van der Waals surface area contributed by atoms with E-state index >= 15 is 0 Å². The Kier molecular flexibility index (Phi) is 4.63. The van der Waals surface area contributed by atoms with Crippen LogP contribution < -0.4 is 4.74 Å². The molecule has 1 N–H and O–H groups in total. The van der Waals surface area contributed by atoms with Crippen LogP contribution in [0.4, 0.5) is 4.39 Å². The average Bonchev–Trinajstić information content (AvgIpc) is 2.42. The molecule has 0 fully saturated rings. The van der Waals surface area contributed by atoms with E-state index in [9.17, 15) is 9.50 Å². The summed E-state index contributed by atoms with van der Waals surface area (Å²) in [6.07, 6.45) is 0.0530. The topological polar surface area (TPSA) is 29.5 Å². The van der Waals surface area contributed by atoms with E-state index in [-0.39, 0.29) is 6.42 Å². The number of benzene rings is 2. The van der Waals surface area contributed by atoms with Gasteiger partial charge in [-0.2, -0.15) is 0 Å². The SMILES string of the molecule is CC(O)(CCF)c1cccc(Oc2ccc(Cl)cc2)c1. The summed E-state index contributed by atoms with van der Waals surface area (Å²) in [6.45, 7) is 1.02. The first-order valence-corrected chi connectivity index (χ1v) is 6.71. The van der Waals surface area contributed by atoms with Crippen molar-refractivity contribution in [3.63, 3.8) is 0 Å². The van der Waals surface area contributed by atoms with Crippen molar-refractivity contribution in [3.8, 4) is 11.5 Å².